The molecule has 38 heavy (non-hydrogen) atoms. The molecule has 2 amide bonds. The van der Waals surface area contributed by atoms with Gasteiger partial charge in [0.15, 0.2) is 11.5 Å². The number of imide groups is 1. The Hall–Kier alpha value is -2.63. The van der Waals surface area contributed by atoms with E-state index in [1.54, 1.807) is 18.2 Å². The second kappa shape index (κ2) is 10.9. The number of phenols is 1. The maximum atomic E-state index is 13.6. The lowest BCUT2D eigenvalue weighted by Crippen LogP contribution is -2.46. The molecule has 9 heteroatoms. The van der Waals surface area contributed by atoms with Crippen molar-refractivity contribution < 1.29 is 29.1 Å². The fraction of sp³-hybridized carbons (Fsp3) is 0.379. The third kappa shape index (κ3) is 4.91. The average molecular weight is 627 g/mol. The summed E-state index contributed by atoms with van der Waals surface area (Å²) < 4.78 is 12.0. The number of aromatic hydroxyl groups is 1. The van der Waals surface area contributed by atoms with Gasteiger partial charge >= 0.3 is 7.12 Å². The van der Waals surface area contributed by atoms with E-state index in [1.807, 2.05) is 38.1 Å². The van der Waals surface area contributed by atoms with Gasteiger partial charge in [0.05, 0.1) is 34.3 Å². The molecule has 198 valence electrons. The molecule has 2 N–H and O–H groups in total. The SMILES string of the molecule is COc1cc(/C=C(\C)CC[C@H]2OB(O)C[C@H]3C2=C(C)C[C@H]2C(=O)N(c4ccccc4)C(=O)[C@H]23)cc(I)c1O. The van der Waals surface area contributed by atoms with Gasteiger partial charge in [0.1, 0.15) is 0 Å². The van der Waals surface area contributed by atoms with Gasteiger partial charge in [-0.2, -0.15) is 0 Å². The lowest BCUT2D eigenvalue weighted by molar-refractivity contribution is -0.122. The summed E-state index contributed by atoms with van der Waals surface area (Å²) in [5, 5.41) is 20.8. The zero-order valence-corrected chi connectivity index (χ0v) is 23.8. The first-order chi connectivity index (χ1) is 18.2. The molecule has 2 fully saturated rings. The van der Waals surface area contributed by atoms with Crippen LogP contribution in [0.3, 0.4) is 0 Å². The fourth-order valence-electron chi connectivity index (χ4n) is 6.30. The van der Waals surface area contributed by atoms with Crippen LogP contribution in [-0.2, 0) is 14.2 Å². The number of phenolic OH excluding ortho intramolecular Hbond substituents is 1. The van der Waals surface area contributed by atoms with Crippen molar-refractivity contribution in [3.05, 3.63) is 68.3 Å². The van der Waals surface area contributed by atoms with Crippen LogP contribution in [0.2, 0.25) is 6.32 Å². The molecule has 2 aliphatic heterocycles. The Balaban J connectivity index is 1.37. The number of halogens is 1. The van der Waals surface area contributed by atoms with E-state index in [0.717, 1.165) is 28.7 Å². The monoisotopic (exact) mass is 627 g/mol. The highest BCUT2D eigenvalue weighted by molar-refractivity contribution is 14.1. The number of allylic oxidation sites excluding steroid dienone is 2. The van der Waals surface area contributed by atoms with Crippen LogP contribution in [0.15, 0.2) is 59.2 Å². The highest BCUT2D eigenvalue weighted by Crippen LogP contribution is 2.51. The molecular weight excluding hydrogens is 596 g/mol. The molecule has 2 aromatic carbocycles. The van der Waals surface area contributed by atoms with Crippen molar-refractivity contribution in [2.45, 2.75) is 45.5 Å². The average Bonchev–Trinajstić information content (AvgIpc) is 3.14. The second-order valence-corrected chi connectivity index (χ2v) is 11.6. The van der Waals surface area contributed by atoms with Crippen molar-refractivity contribution >= 4 is 53.3 Å². The van der Waals surface area contributed by atoms with Crippen molar-refractivity contribution in [2.24, 2.45) is 17.8 Å². The number of rotatable bonds is 6. The first-order valence-electron chi connectivity index (χ1n) is 12.9. The second-order valence-electron chi connectivity index (χ2n) is 10.4. The first kappa shape index (κ1) is 27.0. The summed E-state index contributed by atoms with van der Waals surface area (Å²) in [6.45, 7) is 4.07. The van der Waals surface area contributed by atoms with Crippen molar-refractivity contribution in [2.75, 3.05) is 12.0 Å². The number of para-hydroxylation sites is 1. The van der Waals surface area contributed by atoms with Crippen LogP contribution >= 0.6 is 22.6 Å². The van der Waals surface area contributed by atoms with E-state index in [0.29, 0.717) is 34.2 Å². The number of benzene rings is 2. The molecule has 3 aliphatic rings. The van der Waals surface area contributed by atoms with Crippen LogP contribution in [0, 0.1) is 21.3 Å². The summed E-state index contributed by atoms with van der Waals surface area (Å²) in [5.41, 5.74) is 4.80. The maximum absolute atomic E-state index is 13.6. The van der Waals surface area contributed by atoms with Gasteiger partial charge in [-0.15, -0.1) is 0 Å². The Bertz CT molecular complexity index is 1330. The number of carbonyl (C=O) groups is 2. The number of nitrogens with zero attached hydrogens (tertiary/aromatic N) is 1. The first-order valence-corrected chi connectivity index (χ1v) is 14.0. The van der Waals surface area contributed by atoms with Crippen LogP contribution in [0.5, 0.6) is 11.5 Å². The Kier molecular flexibility index (Phi) is 7.71. The van der Waals surface area contributed by atoms with E-state index < -0.39 is 19.0 Å². The zero-order valence-electron chi connectivity index (χ0n) is 21.7. The molecule has 1 aliphatic carbocycles. The molecule has 0 radical (unpaired) electrons. The third-order valence-corrected chi connectivity index (χ3v) is 8.77. The molecule has 5 rings (SSSR count). The largest absolute Gasteiger partial charge is 0.504 e. The van der Waals surface area contributed by atoms with E-state index >= 15 is 0 Å². The number of hydrogen-bond acceptors (Lipinski definition) is 6. The van der Waals surface area contributed by atoms with Crippen molar-refractivity contribution in [1.29, 1.82) is 0 Å². The van der Waals surface area contributed by atoms with Gasteiger partial charge < -0.3 is 19.5 Å². The summed E-state index contributed by atoms with van der Waals surface area (Å²) in [6, 6.07) is 12.8. The lowest BCUT2D eigenvalue weighted by Gasteiger charge is -2.42. The number of hydrogen-bond donors (Lipinski definition) is 2. The predicted molar refractivity (Wildman–Crippen MR) is 155 cm³/mol. The minimum absolute atomic E-state index is 0.127. The van der Waals surface area contributed by atoms with Crippen LogP contribution in [0.25, 0.3) is 6.08 Å². The molecule has 2 saturated heterocycles. The molecular formula is C29H31BINO6. The summed E-state index contributed by atoms with van der Waals surface area (Å²) in [5.74, 6) is -0.889. The fourth-order valence-corrected chi connectivity index (χ4v) is 6.93. The van der Waals surface area contributed by atoms with Gasteiger partial charge in [-0.1, -0.05) is 35.4 Å². The third-order valence-electron chi connectivity index (χ3n) is 7.95. The van der Waals surface area contributed by atoms with Crippen molar-refractivity contribution in [3.8, 4) is 11.5 Å². The molecule has 0 unspecified atom stereocenters. The Morgan fingerprint density at radius 1 is 1.21 bits per heavy atom. The van der Waals surface area contributed by atoms with E-state index in [2.05, 4.69) is 28.7 Å². The van der Waals surface area contributed by atoms with E-state index in [9.17, 15) is 19.7 Å². The topological polar surface area (TPSA) is 96.3 Å². The molecule has 2 aromatic rings. The molecule has 0 aromatic heterocycles. The Morgan fingerprint density at radius 2 is 1.95 bits per heavy atom. The van der Waals surface area contributed by atoms with E-state index in [-0.39, 0.29) is 29.6 Å². The number of methoxy groups -OCH3 is 1. The van der Waals surface area contributed by atoms with Crippen LogP contribution < -0.4 is 9.64 Å². The smallest absolute Gasteiger partial charge is 0.455 e. The minimum Gasteiger partial charge on any atom is -0.504 e. The van der Waals surface area contributed by atoms with Gasteiger partial charge in [-0.05, 0) is 103 Å². The number of amides is 2. The quantitative estimate of drug-likeness (QED) is 0.198. The minimum atomic E-state index is -0.985. The molecule has 0 bridgehead atoms. The molecule has 4 atom stereocenters. The number of anilines is 1. The summed E-state index contributed by atoms with van der Waals surface area (Å²) in [7, 11) is 0.543. The Morgan fingerprint density at radius 3 is 2.66 bits per heavy atom. The molecule has 0 saturated carbocycles. The van der Waals surface area contributed by atoms with Crippen molar-refractivity contribution in [1.82, 2.24) is 0 Å². The molecule has 2 heterocycles. The van der Waals surface area contributed by atoms with Crippen LogP contribution in [0.4, 0.5) is 5.69 Å². The Labute approximate surface area is 236 Å². The number of carbonyl (C=O) groups excluding carboxylic acids is 2. The van der Waals surface area contributed by atoms with Crippen molar-refractivity contribution in [3.63, 3.8) is 0 Å². The lowest BCUT2D eigenvalue weighted by atomic mass is 9.59. The highest BCUT2D eigenvalue weighted by atomic mass is 127. The van der Waals surface area contributed by atoms with Crippen LogP contribution in [0.1, 0.15) is 38.7 Å². The van der Waals surface area contributed by atoms with Gasteiger partial charge in [0.25, 0.3) is 0 Å². The summed E-state index contributed by atoms with van der Waals surface area (Å²) >= 11 is 2.08. The molecule has 7 nitrogen and oxygen atoms in total. The highest BCUT2D eigenvalue weighted by Gasteiger charge is 2.57. The van der Waals surface area contributed by atoms with Gasteiger partial charge in [0.2, 0.25) is 11.8 Å². The number of fused-ring (bicyclic) bond motifs is 3. The standard InChI is InChI=1S/C29H31BINO6/c1-16(11-18-13-22(31)27(33)24(14-18)37-3)9-10-23-25-17(2)12-20-26(21(25)15-30(36)38-23)29(35)32(28(20)34)19-7-5-4-6-8-19/h4-8,11,13-14,20-21,23,26,33,36H,9-10,12,15H2,1-3H3/b16-11+/t20-,21+,23-,26-/m1/s1. The van der Waals surface area contributed by atoms with Gasteiger partial charge in [-0.3, -0.25) is 14.5 Å². The number of ether oxygens (including phenoxy) is 1. The molecule has 0 spiro atoms. The summed E-state index contributed by atoms with van der Waals surface area (Å²) in [4.78, 5) is 28.3. The normalized spacial score (nSPS) is 25.6. The van der Waals surface area contributed by atoms with Gasteiger partial charge in [0, 0.05) is 0 Å². The summed E-state index contributed by atoms with van der Waals surface area (Å²) in [6.07, 6.45) is 3.94. The predicted octanol–water partition coefficient (Wildman–Crippen LogP) is 5.21. The zero-order chi connectivity index (χ0) is 27.1. The van der Waals surface area contributed by atoms with Crippen LogP contribution in [-0.4, -0.2) is 42.3 Å². The van der Waals surface area contributed by atoms with Gasteiger partial charge in [-0.25, -0.2) is 0 Å². The maximum Gasteiger partial charge on any atom is 0.455 e. The van der Waals surface area contributed by atoms with E-state index in [1.165, 1.54) is 12.0 Å². The van der Waals surface area contributed by atoms with E-state index in [4.69, 9.17) is 9.39 Å².